The number of rotatable bonds is 10. The Balaban J connectivity index is 1.37. The summed E-state index contributed by atoms with van der Waals surface area (Å²) in [5.74, 6) is -0.331. The van der Waals surface area contributed by atoms with Crippen molar-refractivity contribution >= 4 is 55.4 Å². The van der Waals surface area contributed by atoms with Crippen LogP contribution in [0.5, 0.6) is 0 Å². The molecule has 2 aromatic carbocycles. The molecule has 182 valence electrons. The van der Waals surface area contributed by atoms with Gasteiger partial charge in [0.15, 0.2) is 5.13 Å². The number of nitrogens with zero attached hydrogens (tertiary/aromatic N) is 3. The first-order chi connectivity index (χ1) is 16.8. The molecule has 0 saturated heterocycles. The summed E-state index contributed by atoms with van der Waals surface area (Å²) in [5, 5.41) is 6.78. The highest BCUT2D eigenvalue weighted by atomic mass is 35.5. The predicted octanol–water partition coefficient (Wildman–Crippen LogP) is 4.67. The van der Waals surface area contributed by atoms with Crippen LogP contribution in [0.25, 0.3) is 0 Å². The number of anilines is 3. The van der Waals surface area contributed by atoms with Gasteiger partial charge in [0.05, 0.1) is 28.1 Å². The van der Waals surface area contributed by atoms with E-state index in [0.29, 0.717) is 45.9 Å². The second-order valence-electron chi connectivity index (χ2n) is 7.62. The van der Waals surface area contributed by atoms with E-state index in [2.05, 4.69) is 25.3 Å². The summed E-state index contributed by atoms with van der Waals surface area (Å²) in [6.07, 6.45) is 7.28. The molecule has 0 radical (unpaired) electrons. The van der Waals surface area contributed by atoms with E-state index in [1.165, 1.54) is 18.3 Å². The lowest BCUT2D eigenvalue weighted by atomic mass is 10.2. The molecule has 2 aromatic heterocycles. The van der Waals surface area contributed by atoms with E-state index in [-0.39, 0.29) is 10.8 Å². The van der Waals surface area contributed by atoms with Crippen molar-refractivity contribution in [3.63, 3.8) is 0 Å². The van der Waals surface area contributed by atoms with Crippen molar-refractivity contribution in [2.45, 2.75) is 24.8 Å². The van der Waals surface area contributed by atoms with Gasteiger partial charge in [0.2, 0.25) is 10.0 Å². The molecule has 0 aliphatic rings. The molecule has 0 aliphatic carbocycles. The van der Waals surface area contributed by atoms with E-state index >= 15 is 0 Å². The fourth-order valence-electron chi connectivity index (χ4n) is 3.24. The van der Waals surface area contributed by atoms with Gasteiger partial charge >= 0.3 is 0 Å². The first kappa shape index (κ1) is 24.9. The number of carbonyl (C=O) groups excluding carboxylic acids is 1. The molecule has 9 nitrogen and oxygen atoms in total. The Morgan fingerprint density at radius 1 is 1.20 bits per heavy atom. The molecule has 4 rings (SSSR count). The van der Waals surface area contributed by atoms with Crippen LogP contribution in [0.4, 0.5) is 16.5 Å². The van der Waals surface area contributed by atoms with Crippen LogP contribution in [0.1, 0.15) is 21.7 Å². The predicted molar refractivity (Wildman–Crippen MR) is 138 cm³/mol. The van der Waals surface area contributed by atoms with Gasteiger partial charge in [-0.1, -0.05) is 41.1 Å². The Labute approximate surface area is 212 Å². The van der Waals surface area contributed by atoms with Crippen LogP contribution in [-0.4, -0.2) is 35.4 Å². The fraction of sp³-hybridized carbons (Fsp3) is 0.174. The monoisotopic (exact) mass is 530 g/mol. The minimum atomic E-state index is -3.68. The smallest absolute Gasteiger partial charge is 0.267 e. The summed E-state index contributed by atoms with van der Waals surface area (Å²) < 4.78 is 29.9. The standard InChI is InChI=1S/C23H23ClN6O3S2/c1-16-5-2-8-19(24)21(16)29-22(31)20-14-26-23(34-20)28-17-6-3-7-18(13-17)35(32,33)27-9-4-11-30-12-10-25-15-30/h2-3,5-8,10,12-15,27H,4,9,11H2,1H3,(H,26,28)(H,29,31). The third-order valence-corrected chi connectivity index (χ3v) is 7.72. The molecule has 12 heteroatoms. The highest BCUT2D eigenvalue weighted by molar-refractivity contribution is 7.89. The highest BCUT2D eigenvalue weighted by Gasteiger charge is 2.16. The van der Waals surface area contributed by atoms with Crippen LogP contribution in [0, 0.1) is 6.92 Å². The van der Waals surface area contributed by atoms with Crippen molar-refractivity contribution in [3.8, 4) is 0 Å². The zero-order valence-corrected chi connectivity index (χ0v) is 21.1. The summed E-state index contributed by atoms with van der Waals surface area (Å²) in [4.78, 5) is 21.4. The average molecular weight is 531 g/mol. The van der Waals surface area contributed by atoms with E-state index < -0.39 is 10.0 Å². The molecule has 1 amide bonds. The molecule has 35 heavy (non-hydrogen) atoms. The largest absolute Gasteiger partial charge is 0.337 e. The number of nitrogens with one attached hydrogen (secondary N) is 3. The van der Waals surface area contributed by atoms with Crippen molar-refractivity contribution in [1.29, 1.82) is 0 Å². The van der Waals surface area contributed by atoms with Crippen LogP contribution >= 0.6 is 22.9 Å². The van der Waals surface area contributed by atoms with Crippen molar-refractivity contribution in [3.05, 3.63) is 82.8 Å². The maximum absolute atomic E-state index is 12.7. The minimum absolute atomic E-state index is 0.133. The van der Waals surface area contributed by atoms with Gasteiger partial charge in [-0.3, -0.25) is 4.79 Å². The number of hydrogen-bond acceptors (Lipinski definition) is 7. The molecule has 4 aromatic rings. The van der Waals surface area contributed by atoms with Crippen LogP contribution in [-0.2, 0) is 16.6 Å². The van der Waals surface area contributed by atoms with Crippen LogP contribution in [0.2, 0.25) is 5.02 Å². The summed E-state index contributed by atoms with van der Waals surface area (Å²) in [5.41, 5.74) is 1.94. The lowest BCUT2D eigenvalue weighted by Crippen LogP contribution is -2.25. The lowest BCUT2D eigenvalue weighted by Gasteiger charge is -2.09. The van der Waals surface area contributed by atoms with Crippen LogP contribution in [0.15, 0.2) is 72.3 Å². The lowest BCUT2D eigenvalue weighted by molar-refractivity contribution is 0.103. The molecule has 0 fully saturated rings. The Morgan fingerprint density at radius 3 is 2.80 bits per heavy atom. The summed E-state index contributed by atoms with van der Waals surface area (Å²) in [6, 6.07) is 11.8. The second-order valence-corrected chi connectivity index (χ2v) is 10.8. The van der Waals surface area contributed by atoms with E-state index in [4.69, 9.17) is 11.6 Å². The second kappa shape index (κ2) is 11.0. The first-order valence-corrected chi connectivity index (χ1v) is 13.3. The molecule has 0 spiro atoms. The Bertz CT molecular complexity index is 1400. The van der Waals surface area contributed by atoms with Gasteiger partial charge in [0, 0.05) is 31.2 Å². The number of aromatic nitrogens is 3. The Hall–Kier alpha value is -3.25. The summed E-state index contributed by atoms with van der Waals surface area (Å²) >= 11 is 7.34. The fourth-order valence-corrected chi connectivity index (χ4v) is 5.36. The number of para-hydroxylation sites is 1. The quantitative estimate of drug-likeness (QED) is 0.256. The number of benzene rings is 2. The SMILES string of the molecule is Cc1cccc(Cl)c1NC(=O)c1cnc(Nc2cccc(S(=O)(=O)NCCCn3ccnc3)c2)s1. The van der Waals surface area contributed by atoms with Crippen molar-refractivity contribution < 1.29 is 13.2 Å². The first-order valence-electron chi connectivity index (χ1n) is 10.7. The van der Waals surface area contributed by atoms with Gasteiger partial charge in [0.25, 0.3) is 5.91 Å². The van der Waals surface area contributed by atoms with Crippen LogP contribution in [0.3, 0.4) is 0 Å². The Kier molecular flexibility index (Phi) is 7.81. The molecule has 0 unspecified atom stereocenters. The molecule has 3 N–H and O–H groups in total. The topological polar surface area (TPSA) is 118 Å². The average Bonchev–Trinajstić information content (AvgIpc) is 3.52. The van der Waals surface area contributed by atoms with Gasteiger partial charge in [-0.05, 0) is 43.2 Å². The van der Waals surface area contributed by atoms with E-state index in [0.717, 1.165) is 16.9 Å². The van der Waals surface area contributed by atoms with Gasteiger partial charge in [-0.25, -0.2) is 23.1 Å². The number of halogens is 1. The maximum atomic E-state index is 12.7. The number of carbonyl (C=O) groups is 1. The number of aryl methyl sites for hydroxylation is 2. The van der Waals surface area contributed by atoms with Gasteiger partial charge in [-0.2, -0.15) is 0 Å². The Morgan fingerprint density at radius 2 is 2.03 bits per heavy atom. The minimum Gasteiger partial charge on any atom is -0.337 e. The zero-order valence-electron chi connectivity index (χ0n) is 18.7. The number of imidazole rings is 1. The molecular formula is C23H23ClN6O3S2. The number of thiazole rings is 1. The summed E-state index contributed by atoms with van der Waals surface area (Å²) in [6.45, 7) is 2.82. The maximum Gasteiger partial charge on any atom is 0.267 e. The van der Waals surface area contributed by atoms with Gasteiger partial charge < -0.3 is 15.2 Å². The van der Waals surface area contributed by atoms with E-state index in [1.807, 2.05) is 29.8 Å². The van der Waals surface area contributed by atoms with Crippen molar-refractivity contribution in [1.82, 2.24) is 19.3 Å². The highest BCUT2D eigenvalue weighted by Crippen LogP contribution is 2.28. The molecule has 0 saturated carbocycles. The zero-order chi connectivity index (χ0) is 24.8. The number of hydrogen-bond donors (Lipinski definition) is 3. The summed E-state index contributed by atoms with van der Waals surface area (Å²) in [7, 11) is -3.68. The molecule has 0 atom stereocenters. The van der Waals surface area contributed by atoms with Crippen molar-refractivity contribution in [2.75, 3.05) is 17.2 Å². The van der Waals surface area contributed by atoms with Crippen LogP contribution < -0.4 is 15.4 Å². The molecule has 0 bridgehead atoms. The molecule has 2 heterocycles. The third-order valence-electron chi connectivity index (χ3n) is 5.03. The van der Waals surface area contributed by atoms with Gasteiger partial charge in [0.1, 0.15) is 4.88 Å². The van der Waals surface area contributed by atoms with Crippen molar-refractivity contribution in [2.24, 2.45) is 0 Å². The van der Waals surface area contributed by atoms with E-state index in [1.54, 1.807) is 30.7 Å². The van der Waals surface area contributed by atoms with E-state index in [9.17, 15) is 13.2 Å². The number of amides is 1. The normalized spacial score (nSPS) is 11.4. The molecular weight excluding hydrogens is 508 g/mol. The molecule has 0 aliphatic heterocycles. The third kappa shape index (κ3) is 6.45. The number of sulfonamides is 1. The van der Waals surface area contributed by atoms with Gasteiger partial charge in [-0.15, -0.1) is 0 Å².